The Bertz CT molecular complexity index is 632. The fraction of sp³-hybridized carbons (Fsp3) is 0.0769. The summed E-state index contributed by atoms with van der Waals surface area (Å²) in [5.74, 6) is 0. The zero-order chi connectivity index (χ0) is 13.0. The summed E-state index contributed by atoms with van der Waals surface area (Å²) >= 11 is 0. The van der Waals surface area contributed by atoms with Crippen LogP contribution in [0.2, 0.25) is 0 Å². The monoisotopic (exact) mass is 243 g/mol. The third-order valence-corrected chi connectivity index (χ3v) is 2.56. The van der Waals surface area contributed by atoms with Gasteiger partial charge in [0.05, 0.1) is 6.54 Å². The number of nitrogens with zero attached hydrogens (tertiary/aromatic N) is 2. The molecule has 0 saturated heterocycles. The fourth-order valence-electron chi connectivity index (χ4n) is 1.65. The highest BCUT2D eigenvalue weighted by atomic mass is 16.4. The molecule has 0 fully saturated rings. The van der Waals surface area contributed by atoms with E-state index in [0.29, 0.717) is 17.0 Å². The Hall–Kier alpha value is -2.56. The van der Waals surface area contributed by atoms with Crippen LogP contribution in [0.1, 0.15) is 5.56 Å². The van der Waals surface area contributed by atoms with Crippen LogP contribution >= 0.6 is 0 Å². The Labute approximate surface area is 104 Å². The molecule has 0 aliphatic heterocycles. The van der Waals surface area contributed by atoms with Crippen LogP contribution in [0, 0.1) is 0 Å². The van der Waals surface area contributed by atoms with Crippen molar-refractivity contribution in [2.75, 3.05) is 5.73 Å². The smallest absolute Gasteiger partial charge is 0.250 e. The first-order chi connectivity index (χ1) is 8.70. The number of pyridine rings is 1. The van der Waals surface area contributed by atoms with E-state index in [2.05, 4.69) is 5.16 Å². The minimum absolute atomic E-state index is 0.150. The Kier molecular flexibility index (Phi) is 3.43. The SMILES string of the molecule is Nc1cccc(/C(Cn2ccccc2=O)=N\O)c1. The highest BCUT2D eigenvalue weighted by Gasteiger charge is 2.06. The van der Waals surface area contributed by atoms with E-state index in [1.54, 1.807) is 42.6 Å². The number of oxime groups is 1. The summed E-state index contributed by atoms with van der Waals surface area (Å²) in [6, 6.07) is 11.8. The van der Waals surface area contributed by atoms with Crippen molar-refractivity contribution in [2.45, 2.75) is 6.54 Å². The molecule has 0 bridgehead atoms. The topological polar surface area (TPSA) is 80.6 Å². The molecular formula is C13H13N3O2. The molecule has 1 aromatic heterocycles. The van der Waals surface area contributed by atoms with E-state index in [1.165, 1.54) is 10.6 Å². The van der Waals surface area contributed by atoms with Gasteiger partial charge in [-0.05, 0) is 18.2 Å². The molecular weight excluding hydrogens is 230 g/mol. The second-order valence-corrected chi connectivity index (χ2v) is 3.84. The Morgan fingerprint density at radius 3 is 2.78 bits per heavy atom. The average molecular weight is 243 g/mol. The van der Waals surface area contributed by atoms with Crippen LogP contribution < -0.4 is 11.3 Å². The van der Waals surface area contributed by atoms with Gasteiger partial charge in [0.15, 0.2) is 0 Å². The lowest BCUT2D eigenvalue weighted by Crippen LogP contribution is -2.23. The summed E-state index contributed by atoms with van der Waals surface area (Å²) in [5.41, 5.74) is 7.17. The van der Waals surface area contributed by atoms with E-state index in [1.807, 2.05) is 0 Å². The summed E-state index contributed by atoms with van der Waals surface area (Å²) in [6.07, 6.45) is 1.64. The number of hydrogen-bond donors (Lipinski definition) is 2. The van der Waals surface area contributed by atoms with Gasteiger partial charge in [0.2, 0.25) is 0 Å². The standard InChI is InChI=1S/C13H13N3O2/c14-11-5-3-4-10(8-11)12(15-18)9-16-7-2-1-6-13(16)17/h1-8,18H,9,14H2/b15-12-. The van der Waals surface area contributed by atoms with E-state index in [9.17, 15) is 4.79 Å². The van der Waals surface area contributed by atoms with Gasteiger partial charge in [-0.3, -0.25) is 4.79 Å². The lowest BCUT2D eigenvalue weighted by molar-refractivity contribution is 0.317. The molecule has 0 radical (unpaired) electrons. The predicted octanol–water partition coefficient (Wildman–Crippen LogP) is 1.31. The largest absolute Gasteiger partial charge is 0.411 e. The normalized spacial score (nSPS) is 11.4. The Balaban J connectivity index is 2.32. The second-order valence-electron chi connectivity index (χ2n) is 3.84. The average Bonchev–Trinajstić information content (AvgIpc) is 2.38. The summed E-state index contributed by atoms with van der Waals surface area (Å²) in [7, 11) is 0. The second kappa shape index (κ2) is 5.18. The van der Waals surface area contributed by atoms with Crippen molar-refractivity contribution in [2.24, 2.45) is 5.16 Å². The summed E-state index contributed by atoms with van der Waals surface area (Å²) < 4.78 is 1.46. The van der Waals surface area contributed by atoms with E-state index in [4.69, 9.17) is 10.9 Å². The maximum Gasteiger partial charge on any atom is 0.250 e. The summed E-state index contributed by atoms with van der Waals surface area (Å²) in [6.45, 7) is 0.194. The molecule has 0 amide bonds. The number of benzene rings is 1. The van der Waals surface area contributed by atoms with Gasteiger partial charge in [0, 0.05) is 23.5 Å². The number of anilines is 1. The van der Waals surface area contributed by atoms with Crippen LogP contribution in [0.15, 0.2) is 58.6 Å². The Morgan fingerprint density at radius 1 is 1.28 bits per heavy atom. The van der Waals surface area contributed by atoms with Crippen LogP contribution in [-0.2, 0) is 6.54 Å². The summed E-state index contributed by atoms with van der Waals surface area (Å²) in [4.78, 5) is 11.6. The molecule has 5 nitrogen and oxygen atoms in total. The molecule has 0 spiro atoms. The van der Waals surface area contributed by atoms with Gasteiger partial charge in [0.25, 0.3) is 5.56 Å². The molecule has 0 saturated carbocycles. The molecule has 1 heterocycles. The van der Waals surface area contributed by atoms with Gasteiger partial charge >= 0.3 is 0 Å². The van der Waals surface area contributed by atoms with Crippen LogP contribution in [-0.4, -0.2) is 15.5 Å². The third-order valence-electron chi connectivity index (χ3n) is 2.56. The lowest BCUT2D eigenvalue weighted by Gasteiger charge is -2.07. The van der Waals surface area contributed by atoms with Crippen LogP contribution in [0.3, 0.4) is 0 Å². The van der Waals surface area contributed by atoms with Crippen molar-refractivity contribution >= 4 is 11.4 Å². The first-order valence-electron chi connectivity index (χ1n) is 5.43. The molecule has 2 aromatic rings. The van der Waals surface area contributed by atoms with Crippen molar-refractivity contribution in [3.05, 3.63) is 64.6 Å². The van der Waals surface area contributed by atoms with Gasteiger partial charge in [-0.25, -0.2) is 0 Å². The quantitative estimate of drug-likeness (QED) is 0.369. The molecule has 5 heteroatoms. The van der Waals surface area contributed by atoms with Crippen molar-refractivity contribution < 1.29 is 5.21 Å². The first-order valence-corrected chi connectivity index (χ1v) is 5.43. The first kappa shape index (κ1) is 11.9. The predicted molar refractivity (Wildman–Crippen MR) is 69.9 cm³/mol. The maximum atomic E-state index is 11.6. The minimum Gasteiger partial charge on any atom is -0.411 e. The van der Waals surface area contributed by atoms with Crippen LogP contribution in [0.25, 0.3) is 0 Å². The van der Waals surface area contributed by atoms with E-state index >= 15 is 0 Å². The van der Waals surface area contributed by atoms with Crippen LogP contribution in [0.5, 0.6) is 0 Å². The van der Waals surface area contributed by atoms with Gasteiger partial charge in [-0.15, -0.1) is 0 Å². The number of nitrogen functional groups attached to an aromatic ring is 1. The minimum atomic E-state index is -0.150. The molecule has 2 rings (SSSR count). The number of nitrogens with two attached hydrogens (primary N) is 1. The van der Waals surface area contributed by atoms with E-state index in [-0.39, 0.29) is 12.1 Å². The molecule has 18 heavy (non-hydrogen) atoms. The molecule has 3 N–H and O–H groups in total. The number of aromatic nitrogens is 1. The van der Waals surface area contributed by atoms with Crippen molar-refractivity contribution in [1.82, 2.24) is 4.57 Å². The molecule has 92 valence electrons. The highest BCUT2D eigenvalue weighted by Crippen LogP contribution is 2.08. The molecule has 0 aliphatic rings. The Morgan fingerprint density at radius 2 is 2.11 bits per heavy atom. The molecule has 0 aliphatic carbocycles. The van der Waals surface area contributed by atoms with Gasteiger partial charge < -0.3 is 15.5 Å². The zero-order valence-corrected chi connectivity index (χ0v) is 9.65. The molecule has 0 atom stereocenters. The molecule has 1 aromatic carbocycles. The molecule has 0 unspecified atom stereocenters. The fourth-order valence-corrected chi connectivity index (χ4v) is 1.65. The van der Waals surface area contributed by atoms with Gasteiger partial charge in [0.1, 0.15) is 5.71 Å². The van der Waals surface area contributed by atoms with E-state index < -0.39 is 0 Å². The third kappa shape index (κ3) is 2.57. The van der Waals surface area contributed by atoms with E-state index in [0.717, 1.165) is 0 Å². The van der Waals surface area contributed by atoms with Crippen molar-refractivity contribution in [3.63, 3.8) is 0 Å². The maximum absolute atomic E-state index is 11.6. The summed E-state index contributed by atoms with van der Waals surface area (Å²) in [5, 5.41) is 12.3. The lowest BCUT2D eigenvalue weighted by atomic mass is 10.1. The highest BCUT2D eigenvalue weighted by molar-refractivity contribution is 6.00. The van der Waals surface area contributed by atoms with Gasteiger partial charge in [-0.1, -0.05) is 23.4 Å². The van der Waals surface area contributed by atoms with Crippen LogP contribution in [0.4, 0.5) is 5.69 Å². The zero-order valence-electron chi connectivity index (χ0n) is 9.65. The number of hydrogen-bond acceptors (Lipinski definition) is 4. The van der Waals surface area contributed by atoms with Crippen molar-refractivity contribution in [1.29, 1.82) is 0 Å². The number of rotatable bonds is 3. The van der Waals surface area contributed by atoms with Crippen molar-refractivity contribution in [3.8, 4) is 0 Å². The van der Waals surface area contributed by atoms with Gasteiger partial charge in [-0.2, -0.15) is 0 Å².